The molecule has 176 valence electrons. The van der Waals surface area contributed by atoms with E-state index < -0.39 is 12.2 Å². The van der Waals surface area contributed by atoms with Crippen molar-refractivity contribution < 1.29 is 18.3 Å². The summed E-state index contributed by atoms with van der Waals surface area (Å²) >= 11 is 6.17. The van der Waals surface area contributed by atoms with Gasteiger partial charge in [-0.15, -0.1) is 0 Å². The smallest absolute Gasteiger partial charge is 0.387 e. The van der Waals surface area contributed by atoms with E-state index in [0.717, 1.165) is 11.4 Å². The highest BCUT2D eigenvalue weighted by Gasteiger charge is 2.27. The van der Waals surface area contributed by atoms with Gasteiger partial charge in [0.25, 0.3) is 0 Å². The van der Waals surface area contributed by atoms with Crippen molar-refractivity contribution in [2.75, 3.05) is 38.2 Å². The number of aromatic nitrogens is 2. The van der Waals surface area contributed by atoms with Gasteiger partial charge < -0.3 is 14.4 Å². The van der Waals surface area contributed by atoms with E-state index in [1.807, 2.05) is 18.2 Å². The lowest BCUT2D eigenvalue weighted by molar-refractivity contribution is -0.0516. The number of hydrogen-bond donors (Lipinski definition) is 0. The predicted molar refractivity (Wildman–Crippen MR) is 123 cm³/mol. The number of ether oxygens (including phenoxy) is 2. The summed E-state index contributed by atoms with van der Waals surface area (Å²) < 4.78 is 39.3. The molecule has 0 bridgehead atoms. The van der Waals surface area contributed by atoms with Gasteiger partial charge in [-0.3, -0.25) is 14.4 Å². The number of piperazine rings is 1. The third-order valence-corrected chi connectivity index (χ3v) is 6.01. The first-order valence-corrected chi connectivity index (χ1v) is 10.9. The molecule has 1 aliphatic rings. The molecule has 0 atom stereocenters. The van der Waals surface area contributed by atoms with Gasteiger partial charge in [0.05, 0.1) is 24.2 Å². The number of alkyl halides is 2. The average molecular weight is 479 g/mol. The van der Waals surface area contributed by atoms with Gasteiger partial charge in [0.2, 0.25) is 5.75 Å². The molecule has 2 heterocycles. The van der Waals surface area contributed by atoms with Gasteiger partial charge in [0, 0.05) is 44.8 Å². The first kappa shape index (κ1) is 23.1. The Hall–Kier alpha value is -3.04. The Morgan fingerprint density at radius 1 is 1.06 bits per heavy atom. The quantitative estimate of drug-likeness (QED) is 0.517. The summed E-state index contributed by atoms with van der Waals surface area (Å²) in [7, 11) is 3.29. The third-order valence-electron chi connectivity index (χ3n) is 5.77. The molecule has 1 fully saturated rings. The Morgan fingerprint density at radius 2 is 1.76 bits per heavy atom. The molecule has 1 saturated heterocycles. The number of halogens is 3. The highest BCUT2D eigenvalue weighted by Crippen LogP contribution is 2.32. The Kier molecular flexibility index (Phi) is 6.90. The molecule has 3 aromatic rings. The van der Waals surface area contributed by atoms with Crippen molar-refractivity contribution >= 4 is 17.3 Å². The Balaban J connectivity index is 1.56. The van der Waals surface area contributed by atoms with Crippen molar-refractivity contribution in [2.45, 2.75) is 13.2 Å². The molecular weight excluding hydrogens is 454 g/mol. The maximum Gasteiger partial charge on any atom is 0.387 e. The van der Waals surface area contributed by atoms with Crippen LogP contribution in [0.5, 0.6) is 11.5 Å². The molecule has 0 amide bonds. The van der Waals surface area contributed by atoms with Crippen LogP contribution >= 0.6 is 11.6 Å². The topological polar surface area (TPSA) is 51.9 Å². The van der Waals surface area contributed by atoms with Crippen LogP contribution in [0.1, 0.15) is 5.69 Å². The number of rotatable bonds is 7. The van der Waals surface area contributed by atoms with Gasteiger partial charge in [-0.1, -0.05) is 29.8 Å². The summed E-state index contributed by atoms with van der Waals surface area (Å²) in [6.07, 6.45) is 0. The van der Waals surface area contributed by atoms with Gasteiger partial charge in [0.15, 0.2) is 0 Å². The number of hydrogen-bond acceptors (Lipinski definition) is 5. The standard InChI is InChI=1S/C23H25ClF2N4O3/c1-27-19(21(33-23(25)26)22(31)30(27)17-6-4-3-5-7-17)15-28-10-12-29(13-11-28)18-14-16(24)8-9-20(18)32-2/h3-9,14,23H,10-13,15H2,1-2H3. The summed E-state index contributed by atoms with van der Waals surface area (Å²) in [6.45, 7) is -0.0865. The normalized spacial score (nSPS) is 14.7. The molecule has 7 nitrogen and oxygen atoms in total. The monoisotopic (exact) mass is 478 g/mol. The van der Waals surface area contributed by atoms with E-state index in [4.69, 9.17) is 16.3 Å². The summed E-state index contributed by atoms with van der Waals surface area (Å²) in [6, 6.07) is 14.4. The van der Waals surface area contributed by atoms with Crippen LogP contribution in [0.4, 0.5) is 14.5 Å². The van der Waals surface area contributed by atoms with Gasteiger partial charge >= 0.3 is 12.2 Å². The first-order valence-electron chi connectivity index (χ1n) is 10.5. The van der Waals surface area contributed by atoms with Crippen LogP contribution in [-0.2, 0) is 13.6 Å². The van der Waals surface area contributed by atoms with Crippen molar-refractivity contribution in [3.63, 3.8) is 0 Å². The minimum absolute atomic E-state index is 0.300. The second-order valence-electron chi connectivity index (χ2n) is 7.71. The lowest BCUT2D eigenvalue weighted by Crippen LogP contribution is -2.46. The van der Waals surface area contributed by atoms with Gasteiger partial charge in [-0.25, -0.2) is 4.68 Å². The fraction of sp³-hybridized carbons (Fsp3) is 0.348. The van der Waals surface area contributed by atoms with Gasteiger partial charge in [0.1, 0.15) is 5.75 Å². The molecule has 4 rings (SSSR count). The zero-order chi connectivity index (χ0) is 23.5. The minimum atomic E-state index is -3.09. The van der Waals surface area contributed by atoms with E-state index in [0.29, 0.717) is 49.1 Å². The molecule has 0 saturated carbocycles. The molecule has 0 N–H and O–H groups in total. The number of benzene rings is 2. The number of nitrogens with zero attached hydrogens (tertiary/aromatic N) is 4. The minimum Gasteiger partial charge on any atom is -0.495 e. The fourth-order valence-corrected chi connectivity index (χ4v) is 4.30. The molecular formula is C23H25ClF2N4O3. The highest BCUT2D eigenvalue weighted by molar-refractivity contribution is 6.30. The Morgan fingerprint density at radius 3 is 2.39 bits per heavy atom. The summed E-state index contributed by atoms with van der Waals surface area (Å²) in [5.41, 5.74) is 1.28. The van der Waals surface area contributed by atoms with Crippen molar-refractivity contribution in [3.05, 3.63) is 69.6 Å². The van der Waals surface area contributed by atoms with Crippen LogP contribution in [0.2, 0.25) is 5.02 Å². The summed E-state index contributed by atoms with van der Waals surface area (Å²) in [5.74, 6) is 0.415. The zero-order valence-electron chi connectivity index (χ0n) is 18.4. The van der Waals surface area contributed by atoms with Crippen molar-refractivity contribution in [3.8, 4) is 17.2 Å². The maximum atomic E-state index is 13.1. The highest BCUT2D eigenvalue weighted by atomic mass is 35.5. The lowest BCUT2D eigenvalue weighted by atomic mass is 10.2. The maximum absolute atomic E-state index is 13.1. The zero-order valence-corrected chi connectivity index (χ0v) is 19.1. The van der Waals surface area contributed by atoms with E-state index in [1.165, 1.54) is 4.68 Å². The molecule has 10 heteroatoms. The number of anilines is 1. The Labute approximate surface area is 195 Å². The van der Waals surface area contributed by atoms with Crippen molar-refractivity contribution in [1.29, 1.82) is 0 Å². The van der Waals surface area contributed by atoms with Crippen LogP contribution < -0.4 is 19.9 Å². The molecule has 1 aromatic heterocycles. The first-order chi connectivity index (χ1) is 15.9. The van der Waals surface area contributed by atoms with Gasteiger partial charge in [-0.2, -0.15) is 8.78 Å². The SMILES string of the molecule is COc1ccc(Cl)cc1N1CCN(Cc2c(OC(F)F)c(=O)n(-c3ccccc3)n2C)CC1. The van der Waals surface area contributed by atoms with Crippen LogP contribution in [-0.4, -0.2) is 54.2 Å². The lowest BCUT2D eigenvalue weighted by Gasteiger charge is -2.36. The predicted octanol–water partition coefficient (Wildman–Crippen LogP) is 3.76. The summed E-state index contributed by atoms with van der Waals surface area (Å²) in [4.78, 5) is 17.2. The van der Waals surface area contributed by atoms with Crippen LogP contribution in [0.25, 0.3) is 5.69 Å². The van der Waals surface area contributed by atoms with E-state index in [1.54, 1.807) is 49.2 Å². The second kappa shape index (κ2) is 9.84. The van der Waals surface area contributed by atoms with Crippen LogP contribution in [0, 0.1) is 0 Å². The third kappa shape index (κ3) is 4.84. The van der Waals surface area contributed by atoms with E-state index in [-0.39, 0.29) is 5.75 Å². The molecule has 0 unspecified atom stereocenters. The summed E-state index contributed by atoms with van der Waals surface area (Å²) in [5, 5.41) is 0.624. The van der Waals surface area contributed by atoms with E-state index in [2.05, 4.69) is 14.5 Å². The van der Waals surface area contributed by atoms with Crippen molar-refractivity contribution in [2.24, 2.45) is 7.05 Å². The van der Waals surface area contributed by atoms with Crippen LogP contribution in [0.15, 0.2) is 53.3 Å². The molecule has 0 spiro atoms. The second-order valence-corrected chi connectivity index (χ2v) is 8.15. The number of para-hydroxylation sites is 1. The van der Waals surface area contributed by atoms with E-state index >= 15 is 0 Å². The number of methoxy groups -OCH3 is 1. The molecule has 2 aromatic carbocycles. The van der Waals surface area contributed by atoms with Crippen molar-refractivity contribution in [1.82, 2.24) is 14.3 Å². The molecule has 33 heavy (non-hydrogen) atoms. The van der Waals surface area contributed by atoms with E-state index in [9.17, 15) is 13.6 Å². The average Bonchev–Trinajstić information content (AvgIpc) is 3.03. The molecule has 0 aliphatic carbocycles. The van der Waals surface area contributed by atoms with Crippen LogP contribution in [0.3, 0.4) is 0 Å². The van der Waals surface area contributed by atoms with Gasteiger partial charge in [-0.05, 0) is 30.3 Å². The molecule has 1 aliphatic heterocycles. The molecule has 0 radical (unpaired) electrons. The Bertz CT molecular complexity index is 1160. The largest absolute Gasteiger partial charge is 0.495 e. The fourth-order valence-electron chi connectivity index (χ4n) is 4.13.